The van der Waals surface area contributed by atoms with Gasteiger partial charge in [0.05, 0.1) is 15.9 Å². The van der Waals surface area contributed by atoms with Crippen LogP contribution in [0, 0.1) is 11.6 Å². The molecular formula is C17H16BrF2NO3S. The number of hydrogen-bond acceptors (Lipinski definition) is 3. The molecule has 0 amide bonds. The lowest BCUT2D eigenvalue weighted by atomic mass is 10.1. The molecule has 3 rings (SSSR count). The van der Waals surface area contributed by atoms with E-state index in [9.17, 15) is 17.2 Å². The summed E-state index contributed by atoms with van der Waals surface area (Å²) in [5.41, 5.74) is 1.29. The molecule has 0 saturated heterocycles. The van der Waals surface area contributed by atoms with Gasteiger partial charge in [-0.3, -0.25) is 4.72 Å². The van der Waals surface area contributed by atoms with Crippen molar-refractivity contribution in [1.82, 2.24) is 0 Å². The summed E-state index contributed by atoms with van der Waals surface area (Å²) in [7, 11) is -3.41. The molecule has 25 heavy (non-hydrogen) atoms. The van der Waals surface area contributed by atoms with Crippen LogP contribution in [0.5, 0.6) is 11.5 Å². The maximum atomic E-state index is 13.8. The van der Waals surface area contributed by atoms with Crippen LogP contribution in [0.3, 0.4) is 0 Å². The summed E-state index contributed by atoms with van der Waals surface area (Å²) in [4.78, 5) is 0. The third-order valence-electron chi connectivity index (χ3n) is 3.88. The minimum Gasteiger partial charge on any atom is -0.453 e. The molecule has 8 heteroatoms. The second-order valence-electron chi connectivity index (χ2n) is 5.83. The second kappa shape index (κ2) is 6.92. The summed E-state index contributed by atoms with van der Waals surface area (Å²) < 4.78 is 59.2. The third-order valence-corrected chi connectivity index (χ3v) is 5.79. The Labute approximate surface area is 153 Å². The Morgan fingerprint density at radius 3 is 2.52 bits per heavy atom. The van der Waals surface area contributed by atoms with E-state index in [4.69, 9.17) is 4.74 Å². The van der Waals surface area contributed by atoms with Crippen molar-refractivity contribution in [3.8, 4) is 11.5 Å². The van der Waals surface area contributed by atoms with Crippen molar-refractivity contribution in [2.45, 2.75) is 25.7 Å². The Hall–Kier alpha value is -1.67. The lowest BCUT2D eigenvalue weighted by molar-refractivity contribution is 0.435. The normalized spacial score (nSPS) is 14.4. The number of hydrogen-bond donors (Lipinski definition) is 1. The van der Waals surface area contributed by atoms with Gasteiger partial charge in [0.15, 0.2) is 11.6 Å². The van der Waals surface area contributed by atoms with Crippen LogP contribution >= 0.6 is 15.9 Å². The van der Waals surface area contributed by atoms with Gasteiger partial charge in [-0.25, -0.2) is 17.2 Å². The van der Waals surface area contributed by atoms with Crippen LogP contribution in [0.2, 0.25) is 0 Å². The van der Waals surface area contributed by atoms with E-state index >= 15 is 0 Å². The highest BCUT2D eigenvalue weighted by Crippen LogP contribution is 2.47. The Morgan fingerprint density at radius 1 is 1.20 bits per heavy atom. The quantitative estimate of drug-likeness (QED) is 0.686. The fourth-order valence-corrected chi connectivity index (χ4v) is 3.46. The van der Waals surface area contributed by atoms with Gasteiger partial charge in [-0.15, -0.1) is 0 Å². The predicted molar refractivity (Wildman–Crippen MR) is 95.6 cm³/mol. The van der Waals surface area contributed by atoms with Crippen molar-refractivity contribution in [2.24, 2.45) is 0 Å². The summed E-state index contributed by atoms with van der Waals surface area (Å²) in [6.45, 7) is 1.56. The van der Waals surface area contributed by atoms with E-state index in [1.165, 1.54) is 6.07 Å². The molecule has 1 N–H and O–H groups in total. The van der Waals surface area contributed by atoms with E-state index in [2.05, 4.69) is 20.7 Å². The van der Waals surface area contributed by atoms with Crippen LogP contribution in [-0.2, 0) is 10.0 Å². The molecule has 0 unspecified atom stereocenters. The molecule has 0 aromatic heterocycles. The Bertz CT molecular complexity index is 914. The summed E-state index contributed by atoms with van der Waals surface area (Å²) in [6, 6.07) is 6.37. The van der Waals surface area contributed by atoms with Gasteiger partial charge in [0, 0.05) is 6.07 Å². The highest BCUT2D eigenvalue weighted by Gasteiger charge is 2.29. The first kappa shape index (κ1) is 18.1. The SMILES string of the molecule is CCS(=O)(=O)Nc1cc(Br)c(Oc2ccc(F)cc2F)cc1C1CC1. The Kier molecular flexibility index (Phi) is 5.02. The van der Waals surface area contributed by atoms with Crippen LogP contribution in [0.1, 0.15) is 31.2 Å². The minimum absolute atomic E-state index is 0.0340. The number of anilines is 1. The summed E-state index contributed by atoms with van der Waals surface area (Å²) in [6.07, 6.45) is 1.90. The lowest BCUT2D eigenvalue weighted by Gasteiger charge is -2.16. The van der Waals surface area contributed by atoms with Crippen molar-refractivity contribution in [2.75, 3.05) is 10.5 Å². The lowest BCUT2D eigenvalue weighted by Crippen LogP contribution is -2.15. The van der Waals surface area contributed by atoms with E-state index in [1.807, 2.05) is 0 Å². The second-order valence-corrected chi connectivity index (χ2v) is 8.69. The topological polar surface area (TPSA) is 55.4 Å². The Morgan fingerprint density at radius 2 is 1.92 bits per heavy atom. The van der Waals surface area contributed by atoms with Gasteiger partial charge in [0.2, 0.25) is 10.0 Å². The zero-order valence-electron chi connectivity index (χ0n) is 13.4. The van der Waals surface area contributed by atoms with E-state index in [1.54, 1.807) is 19.1 Å². The largest absolute Gasteiger partial charge is 0.453 e. The molecule has 0 heterocycles. The van der Waals surface area contributed by atoms with Gasteiger partial charge >= 0.3 is 0 Å². The smallest absolute Gasteiger partial charge is 0.232 e. The molecular weight excluding hydrogens is 416 g/mol. The average Bonchev–Trinajstić information content (AvgIpc) is 3.36. The van der Waals surface area contributed by atoms with Crippen molar-refractivity contribution < 1.29 is 21.9 Å². The van der Waals surface area contributed by atoms with Gasteiger partial charge in [-0.2, -0.15) is 0 Å². The highest BCUT2D eigenvalue weighted by atomic mass is 79.9. The monoisotopic (exact) mass is 431 g/mol. The number of nitrogens with one attached hydrogen (secondary N) is 1. The standard InChI is InChI=1S/C17H16BrF2NO3S/c1-2-25(22,23)21-15-9-13(18)17(8-12(15)10-3-4-10)24-16-6-5-11(19)7-14(16)20/h5-10,21H,2-4H2,1H3. The van der Waals surface area contributed by atoms with Crippen molar-refractivity contribution in [1.29, 1.82) is 0 Å². The van der Waals surface area contributed by atoms with Crippen LogP contribution in [0.15, 0.2) is 34.8 Å². The fraction of sp³-hybridized carbons (Fsp3) is 0.294. The van der Waals surface area contributed by atoms with E-state index in [-0.39, 0.29) is 17.4 Å². The fourth-order valence-electron chi connectivity index (χ4n) is 2.38. The molecule has 4 nitrogen and oxygen atoms in total. The van der Waals surface area contributed by atoms with Crippen molar-refractivity contribution in [3.05, 3.63) is 52.0 Å². The first-order valence-corrected chi connectivity index (χ1v) is 10.2. The zero-order chi connectivity index (χ0) is 18.2. The van der Waals surface area contributed by atoms with Crippen LogP contribution in [0.25, 0.3) is 0 Å². The number of ether oxygens (including phenoxy) is 1. The van der Waals surface area contributed by atoms with Gasteiger partial charge in [-0.1, -0.05) is 0 Å². The van der Waals surface area contributed by atoms with Crippen LogP contribution < -0.4 is 9.46 Å². The number of halogens is 3. The molecule has 1 aliphatic carbocycles. The summed E-state index contributed by atoms with van der Waals surface area (Å²) in [5, 5.41) is 0. The van der Waals surface area contributed by atoms with Gasteiger partial charge in [-0.05, 0) is 71.4 Å². The number of benzene rings is 2. The van der Waals surface area contributed by atoms with Crippen LogP contribution in [-0.4, -0.2) is 14.2 Å². The maximum absolute atomic E-state index is 13.8. The predicted octanol–water partition coefficient (Wildman–Crippen LogP) is 5.16. The van der Waals surface area contributed by atoms with Crippen molar-refractivity contribution in [3.63, 3.8) is 0 Å². The molecule has 1 saturated carbocycles. The van der Waals surface area contributed by atoms with Crippen LogP contribution in [0.4, 0.5) is 14.5 Å². The number of rotatable bonds is 6. The molecule has 134 valence electrons. The molecule has 0 atom stereocenters. The first-order chi connectivity index (χ1) is 11.8. The van der Waals surface area contributed by atoms with Gasteiger partial charge < -0.3 is 4.74 Å². The Balaban J connectivity index is 1.97. The molecule has 0 aliphatic heterocycles. The maximum Gasteiger partial charge on any atom is 0.232 e. The van der Waals surface area contributed by atoms with Gasteiger partial charge in [0.25, 0.3) is 0 Å². The average molecular weight is 432 g/mol. The van der Waals surface area contributed by atoms with E-state index in [0.717, 1.165) is 30.5 Å². The molecule has 1 aliphatic rings. The molecule has 0 bridgehead atoms. The first-order valence-electron chi connectivity index (χ1n) is 7.76. The highest BCUT2D eigenvalue weighted by molar-refractivity contribution is 9.10. The molecule has 0 spiro atoms. The molecule has 1 fully saturated rings. The summed E-state index contributed by atoms with van der Waals surface area (Å²) in [5.74, 6) is -1.06. The molecule has 2 aromatic rings. The van der Waals surface area contributed by atoms with E-state index < -0.39 is 21.7 Å². The minimum atomic E-state index is -3.41. The van der Waals surface area contributed by atoms with E-state index in [0.29, 0.717) is 15.9 Å². The number of sulfonamides is 1. The molecule has 0 radical (unpaired) electrons. The molecule has 2 aromatic carbocycles. The zero-order valence-corrected chi connectivity index (χ0v) is 15.8. The van der Waals surface area contributed by atoms with Gasteiger partial charge in [0.1, 0.15) is 11.6 Å². The summed E-state index contributed by atoms with van der Waals surface area (Å²) >= 11 is 3.32. The van der Waals surface area contributed by atoms with Crippen molar-refractivity contribution >= 4 is 31.6 Å². The third kappa shape index (κ3) is 4.30.